The number of para-hydroxylation sites is 1. The molecule has 4 atom stereocenters. The van der Waals surface area contributed by atoms with Crippen molar-refractivity contribution in [2.24, 2.45) is 11.8 Å². The number of nitrogens with zero attached hydrogens (tertiary/aromatic N) is 2. The first-order valence-electron chi connectivity index (χ1n) is 14.8. The van der Waals surface area contributed by atoms with E-state index in [-0.39, 0.29) is 11.8 Å². The Balaban J connectivity index is 1.22. The Morgan fingerprint density at radius 1 is 0.659 bits per heavy atom. The van der Waals surface area contributed by atoms with Crippen molar-refractivity contribution < 1.29 is 19.1 Å². The van der Waals surface area contributed by atoms with Gasteiger partial charge in [0.15, 0.2) is 6.10 Å². The van der Waals surface area contributed by atoms with E-state index in [9.17, 15) is 14.4 Å². The average molecular weight is 577 g/mol. The number of ether oxygens (including phenoxy) is 1. The Bertz CT molecular complexity index is 1910. The SMILES string of the molecule is O=C(OC(c1ccccc1)c1ccccc1)[C@@H]1[C@@H]2C(=O)N(c3ccc4ccccc4c3)C(=O)[C@@H]2[C@@H]2C=Cc3ccccc3N12. The van der Waals surface area contributed by atoms with Crippen LogP contribution in [0, 0.1) is 11.8 Å². The van der Waals surface area contributed by atoms with E-state index in [1.165, 1.54) is 4.90 Å². The number of amides is 2. The smallest absolute Gasteiger partial charge is 0.330 e. The highest BCUT2D eigenvalue weighted by Gasteiger charge is 2.65. The summed E-state index contributed by atoms with van der Waals surface area (Å²) in [6.07, 6.45) is 3.25. The van der Waals surface area contributed by atoms with Gasteiger partial charge in [0.25, 0.3) is 0 Å². The van der Waals surface area contributed by atoms with Gasteiger partial charge >= 0.3 is 5.97 Å². The summed E-state index contributed by atoms with van der Waals surface area (Å²) in [5, 5.41) is 1.95. The molecule has 8 rings (SSSR count). The molecule has 0 aromatic heterocycles. The summed E-state index contributed by atoms with van der Waals surface area (Å²) in [6.45, 7) is 0. The van der Waals surface area contributed by atoms with E-state index in [0.717, 1.165) is 33.2 Å². The molecular formula is C38H28N2O4. The van der Waals surface area contributed by atoms with Gasteiger partial charge in [0, 0.05) is 5.69 Å². The molecule has 6 nitrogen and oxygen atoms in total. The van der Waals surface area contributed by atoms with Crippen molar-refractivity contribution in [1.29, 1.82) is 0 Å². The van der Waals surface area contributed by atoms with Gasteiger partial charge in [-0.25, -0.2) is 9.69 Å². The highest BCUT2D eigenvalue weighted by atomic mass is 16.5. The van der Waals surface area contributed by atoms with E-state index < -0.39 is 36.0 Å². The number of imide groups is 1. The van der Waals surface area contributed by atoms with Crippen molar-refractivity contribution in [1.82, 2.24) is 0 Å². The maximum atomic E-state index is 14.5. The number of anilines is 2. The average Bonchev–Trinajstić information content (AvgIpc) is 3.56. The van der Waals surface area contributed by atoms with E-state index in [1.54, 1.807) is 6.07 Å². The molecule has 3 aliphatic rings. The van der Waals surface area contributed by atoms with E-state index in [2.05, 4.69) is 0 Å². The van der Waals surface area contributed by atoms with E-state index >= 15 is 0 Å². The minimum atomic E-state index is -0.993. The molecule has 44 heavy (non-hydrogen) atoms. The molecule has 0 N–H and O–H groups in total. The molecule has 3 aliphatic heterocycles. The third-order valence-electron chi connectivity index (χ3n) is 9.09. The second-order valence-corrected chi connectivity index (χ2v) is 11.5. The molecule has 5 aromatic rings. The number of esters is 1. The second kappa shape index (κ2) is 10.3. The van der Waals surface area contributed by atoms with Gasteiger partial charge in [0.2, 0.25) is 11.8 Å². The van der Waals surface area contributed by atoms with Gasteiger partial charge in [-0.3, -0.25) is 9.59 Å². The van der Waals surface area contributed by atoms with Crippen molar-refractivity contribution in [3.05, 3.63) is 150 Å². The highest BCUT2D eigenvalue weighted by Crippen LogP contribution is 2.50. The van der Waals surface area contributed by atoms with Gasteiger partial charge in [0.05, 0.1) is 23.6 Å². The first kappa shape index (κ1) is 26.2. The fraction of sp³-hybridized carbons (Fsp3) is 0.132. The van der Waals surface area contributed by atoms with E-state index in [0.29, 0.717) is 5.69 Å². The number of hydrogen-bond acceptors (Lipinski definition) is 5. The molecule has 0 aliphatic carbocycles. The van der Waals surface area contributed by atoms with E-state index in [4.69, 9.17) is 4.74 Å². The summed E-state index contributed by atoms with van der Waals surface area (Å²) in [5.41, 5.74) is 3.89. The first-order chi connectivity index (χ1) is 21.6. The van der Waals surface area contributed by atoms with Crippen LogP contribution in [0.2, 0.25) is 0 Å². The predicted octanol–water partition coefficient (Wildman–Crippen LogP) is 6.56. The Hall–Kier alpha value is -5.49. The molecule has 5 aromatic carbocycles. The first-order valence-corrected chi connectivity index (χ1v) is 14.8. The molecule has 6 heteroatoms. The van der Waals surface area contributed by atoms with Crippen molar-refractivity contribution in [3.8, 4) is 0 Å². The third kappa shape index (κ3) is 4.06. The lowest BCUT2D eigenvalue weighted by atomic mass is 9.88. The summed E-state index contributed by atoms with van der Waals surface area (Å²) in [5.74, 6) is -2.86. The quantitative estimate of drug-likeness (QED) is 0.175. The van der Waals surface area contributed by atoms with Gasteiger partial charge in [-0.2, -0.15) is 0 Å². The van der Waals surface area contributed by atoms with Crippen molar-refractivity contribution in [2.75, 3.05) is 9.80 Å². The second-order valence-electron chi connectivity index (χ2n) is 11.5. The predicted molar refractivity (Wildman–Crippen MR) is 170 cm³/mol. The lowest BCUT2D eigenvalue weighted by molar-refractivity contribution is -0.151. The molecule has 0 unspecified atom stereocenters. The van der Waals surface area contributed by atoms with Crippen LogP contribution in [-0.2, 0) is 19.1 Å². The van der Waals surface area contributed by atoms with Gasteiger partial charge in [0.1, 0.15) is 6.04 Å². The van der Waals surface area contributed by atoms with Crippen molar-refractivity contribution >= 4 is 46.0 Å². The van der Waals surface area contributed by atoms with Gasteiger partial charge in [-0.1, -0.05) is 121 Å². The van der Waals surface area contributed by atoms with Crippen LogP contribution in [0.4, 0.5) is 11.4 Å². The zero-order valence-corrected chi connectivity index (χ0v) is 23.7. The van der Waals surface area contributed by atoms with Crippen molar-refractivity contribution in [2.45, 2.75) is 18.2 Å². The molecule has 0 saturated carbocycles. The maximum absolute atomic E-state index is 14.5. The minimum absolute atomic E-state index is 0.299. The largest absolute Gasteiger partial charge is 0.451 e. The lowest BCUT2D eigenvalue weighted by Crippen LogP contribution is -2.49. The zero-order chi connectivity index (χ0) is 29.8. The number of carbonyl (C=O) groups excluding carboxylic acids is 3. The topological polar surface area (TPSA) is 66.9 Å². The zero-order valence-electron chi connectivity index (χ0n) is 23.7. The van der Waals surface area contributed by atoms with Crippen LogP contribution in [0.25, 0.3) is 16.8 Å². The summed E-state index contributed by atoms with van der Waals surface area (Å²) >= 11 is 0. The number of carbonyl (C=O) groups is 3. The Morgan fingerprint density at radius 2 is 1.27 bits per heavy atom. The van der Waals surface area contributed by atoms with Gasteiger partial charge in [-0.05, 0) is 45.7 Å². The molecule has 0 bridgehead atoms. The summed E-state index contributed by atoms with van der Waals surface area (Å²) in [7, 11) is 0. The molecule has 2 saturated heterocycles. The fourth-order valence-electron chi connectivity index (χ4n) is 7.12. The third-order valence-corrected chi connectivity index (χ3v) is 9.09. The maximum Gasteiger partial charge on any atom is 0.330 e. The van der Waals surface area contributed by atoms with Crippen molar-refractivity contribution in [3.63, 3.8) is 0 Å². The van der Waals surface area contributed by atoms with Crippen LogP contribution in [0.5, 0.6) is 0 Å². The van der Waals surface area contributed by atoms with Gasteiger partial charge in [-0.15, -0.1) is 0 Å². The van der Waals surface area contributed by atoms with Crippen LogP contribution in [0.3, 0.4) is 0 Å². The molecule has 0 radical (unpaired) electrons. The van der Waals surface area contributed by atoms with Crippen LogP contribution < -0.4 is 9.80 Å². The molecule has 0 spiro atoms. The molecule has 2 fully saturated rings. The van der Waals surface area contributed by atoms with Crippen LogP contribution in [0.1, 0.15) is 22.8 Å². The number of benzene rings is 5. The van der Waals surface area contributed by atoms with Crippen LogP contribution in [0.15, 0.2) is 133 Å². The standard InChI is InChI=1S/C38H28N2O4/c41-36-32-31-22-20-25-12-9-10-18-30(25)40(31)34(33(32)37(42)39(36)29-21-19-24-11-7-8-17-28(24)23-29)38(43)44-35(26-13-3-1-4-14-26)27-15-5-2-6-16-27/h1-23,31-35H/t31-,32+,33+,34-/m0/s1. The van der Waals surface area contributed by atoms with Gasteiger partial charge < -0.3 is 9.64 Å². The molecule has 2 amide bonds. The fourth-order valence-corrected chi connectivity index (χ4v) is 7.12. The Labute approximate surface area is 254 Å². The van der Waals surface area contributed by atoms with Crippen LogP contribution in [-0.4, -0.2) is 29.9 Å². The Morgan fingerprint density at radius 3 is 2.00 bits per heavy atom. The molecular weight excluding hydrogens is 548 g/mol. The normalized spacial score (nSPS) is 21.8. The van der Waals surface area contributed by atoms with Crippen LogP contribution >= 0.6 is 0 Å². The number of hydrogen-bond donors (Lipinski definition) is 0. The minimum Gasteiger partial charge on any atom is -0.451 e. The monoisotopic (exact) mass is 576 g/mol. The lowest BCUT2D eigenvalue weighted by Gasteiger charge is -2.36. The summed E-state index contributed by atoms with van der Waals surface area (Å²) in [4.78, 5) is 46.3. The highest BCUT2D eigenvalue weighted by molar-refractivity contribution is 6.25. The van der Waals surface area contributed by atoms with E-state index in [1.807, 2.05) is 138 Å². The summed E-state index contributed by atoms with van der Waals surface area (Å²) < 4.78 is 6.37. The molecule has 3 heterocycles. The Kier molecular flexibility index (Phi) is 6.15. The molecule has 214 valence electrons. The number of rotatable bonds is 5. The summed E-state index contributed by atoms with van der Waals surface area (Å²) in [6, 6.07) is 38.9. The number of fused-ring (bicyclic) bond motifs is 6.